The molecule has 1 amide bonds. The molecule has 0 unspecified atom stereocenters. The van der Waals surface area contributed by atoms with Crippen molar-refractivity contribution in [1.82, 2.24) is 9.47 Å². The Morgan fingerprint density at radius 1 is 1.11 bits per heavy atom. The Morgan fingerprint density at radius 3 is 2.66 bits per heavy atom. The number of likely N-dealkylation sites (tertiary alicyclic amines) is 1. The zero-order chi connectivity index (χ0) is 24.9. The standard InChI is InChI=1S/C28H32N2O5/c1-4-35-28(33)22-12-8-14-29(16-22)27(32)26-24(18-34-3)30(19(2)15-25(26)31)17-21-11-7-10-20-9-5-6-13-23(20)21/h5-7,9-11,13,15,22H,4,8,12,14,16-18H2,1-3H3/t22-/m1/s1. The Labute approximate surface area is 205 Å². The van der Waals surface area contributed by atoms with Crippen LogP contribution < -0.4 is 5.43 Å². The quantitative estimate of drug-likeness (QED) is 0.483. The number of rotatable bonds is 7. The number of nitrogens with zero attached hydrogens (tertiary/aromatic N) is 2. The number of aryl methyl sites for hydroxylation is 1. The second-order valence-corrected chi connectivity index (χ2v) is 8.97. The van der Waals surface area contributed by atoms with E-state index < -0.39 is 0 Å². The lowest BCUT2D eigenvalue weighted by Gasteiger charge is -2.32. The van der Waals surface area contributed by atoms with Crippen LogP contribution in [0, 0.1) is 12.8 Å². The third-order valence-electron chi connectivity index (χ3n) is 6.66. The number of aromatic nitrogens is 1. The van der Waals surface area contributed by atoms with Gasteiger partial charge in [0.15, 0.2) is 5.43 Å². The minimum atomic E-state index is -0.373. The first-order valence-electron chi connectivity index (χ1n) is 12.1. The van der Waals surface area contributed by atoms with Gasteiger partial charge in [-0.1, -0.05) is 42.5 Å². The van der Waals surface area contributed by atoms with Gasteiger partial charge in [-0.25, -0.2) is 0 Å². The SMILES string of the molecule is CCOC(=O)[C@@H]1CCCN(C(=O)c2c(COC)n(Cc3cccc4ccccc34)c(C)cc2=O)C1. The van der Waals surface area contributed by atoms with Crippen molar-refractivity contribution in [2.45, 2.75) is 39.8 Å². The summed E-state index contributed by atoms with van der Waals surface area (Å²) < 4.78 is 12.6. The van der Waals surface area contributed by atoms with Crippen molar-refractivity contribution in [3.8, 4) is 0 Å². The molecule has 4 rings (SSSR count). The number of hydrogen-bond donors (Lipinski definition) is 0. The molecule has 1 fully saturated rings. The van der Waals surface area contributed by atoms with Crippen LogP contribution >= 0.6 is 0 Å². The van der Waals surface area contributed by atoms with Gasteiger partial charge in [-0.15, -0.1) is 0 Å². The van der Waals surface area contributed by atoms with Crippen molar-refractivity contribution in [2.24, 2.45) is 5.92 Å². The van der Waals surface area contributed by atoms with E-state index in [4.69, 9.17) is 9.47 Å². The molecule has 7 nitrogen and oxygen atoms in total. The predicted octanol–water partition coefficient (Wildman–Crippen LogP) is 3.92. The number of esters is 1. The number of carbonyl (C=O) groups excluding carboxylic acids is 2. The minimum absolute atomic E-state index is 0.113. The molecule has 7 heteroatoms. The number of fused-ring (bicyclic) bond motifs is 1. The molecule has 0 saturated carbocycles. The summed E-state index contributed by atoms with van der Waals surface area (Å²) in [5.41, 5.74) is 2.18. The molecule has 0 spiro atoms. The van der Waals surface area contributed by atoms with Crippen molar-refractivity contribution < 1.29 is 19.1 Å². The highest BCUT2D eigenvalue weighted by molar-refractivity contribution is 5.95. The topological polar surface area (TPSA) is 77.8 Å². The summed E-state index contributed by atoms with van der Waals surface area (Å²) in [5, 5.41) is 2.25. The molecular formula is C28H32N2O5. The zero-order valence-electron chi connectivity index (χ0n) is 20.6. The first-order chi connectivity index (χ1) is 16.9. The van der Waals surface area contributed by atoms with Crippen LogP contribution in [0.1, 0.15) is 47.1 Å². The fourth-order valence-electron chi connectivity index (χ4n) is 4.94. The van der Waals surface area contributed by atoms with E-state index >= 15 is 0 Å². The summed E-state index contributed by atoms with van der Waals surface area (Å²) in [4.78, 5) is 40.7. The van der Waals surface area contributed by atoms with Crippen molar-refractivity contribution in [1.29, 1.82) is 0 Å². The Bertz CT molecular complexity index is 1290. The normalized spacial score (nSPS) is 15.9. The number of amides is 1. The van der Waals surface area contributed by atoms with Crippen LogP contribution in [0.25, 0.3) is 10.8 Å². The van der Waals surface area contributed by atoms with Gasteiger partial charge in [0, 0.05) is 38.5 Å². The zero-order valence-corrected chi connectivity index (χ0v) is 20.6. The maximum atomic E-state index is 13.7. The molecule has 1 aliphatic rings. The average molecular weight is 477 g/mol. The van der Waals surface area contributed by atoms with Gasteiger partial charge in [0.25, 0.3) is 5.91 Å². The molecule has 35 heavy (non-hydrogen) atoms. The average Bonchev–Trinajstić information content (AvgIpc) is 2.86. The largest absolute Gasteiger partial charge is 0.466 e. The molecule has 0 aliphatic carbocycles. The van der Waals surface area contributed by atoms with Gasteiger partial charge in [0.05, 0.1) is 24.8 Å². The molecular weight excluding hydrogens is 444 g/mol. The van der Waals surface area contributed by atoms with Crippen molar-refractivity contribution in [3.05, 3.63) is 81.3 Å². The van der Waals surface area contributed by atoms with Crippen molar-refractivity contribution in [2.75, 3.05) is 26.8 Å². The monoisotopic (exact) mass is 476 g/mol. The van der Waals surface area contributed by atoms with E-state index in [1.54, 1.807) is 18.9 Å². The number of carbonyl (C=O) groups is 2. The Balaban J connectivity index is 1.74. The van der Waals surface area contributed by atoms with Gasteiger partial charge < -0.3 is 18.9 Å². The highest BCUT2D eigenvalue weighted by Crippen LogP contribution is 2.24. The smallest absolute Gasteiger partial charge is 0.310 e. The van der Waals surface area contributed by atoms with E-state index in [9.17, 15) is 14.4 Å². The molecule has 1 aliphatic heterocycles. The number of ether oxygens (including phenoxy) is 2. The number of piperidine rings is 1. The van der Waals surface area contributed by atoms with E-state index in [0.717, 1.165) is 22.0 Å². The molecule has 3 aromatic rings. The Kier molecular flexibility index (Phi) is 7.66. The van der Waals surface area contributed by atoms with Gasteiger partial charge in [-0.05, 0) is 43.0 Å². The summed E-state index contributed by atoms with van der Waals surface area (Å²) in [6, 6.07) is 15.8. The van der Waals surface area contributed by atoms with Gasteiger partial charge in [0.1, 0.15) is 5.56 Å². The first kappa shape index (κ1) is 24.7. The van der Waals surface area contributed by atoms with Gasteiger partial charge in [-0.3, -0.25) is 14.4 Å². The third kappa shape index (κ3) is 5.15. The molecule has 0 bridgehead atoms. The van der Waals surface area contributed by atoms with Crippen LogP contribution in [-0.2, 0) is 27.4 Å². The Hall–Kier alpha value is -3.45. The van der Waals surface area contributed by atoms with Crippen LogP contribution in [0.5, 0.6) is 0 Å². The highest BCUT2D eigenvalue weighted by Gasteiger charge is 2.32. The lowest BCUT2D eigenvalue weighted by atomic mass is 9.97. The van der Waals surface area contributed by atoms with Crippen LogP contribution in [0.3, 0.4) is 0 Å². The van der Waals surface area contributed by atoms with Crippen LogP contribution in [0.2, 0.25) is 0 Å². The first-order valence-corrected chi connectivity index (χ1v) is 12.1. The molecule has 2 aromatic carbocycles. The second kappa shape index (κ2) is 10.9. The predicted molar refractivity (Wildman–Crippen MR) is 134 cm³/mol. The van der Waals surface area contributed by atoms with Gasteiger partial charge >= 0.3 is 5.97 Å². The van der Waals surface area contributed by atoms with Gasteiger partial charge in [-0.2, -0.15) is 0 Å². The maximum absolute atomic E-state index is 13.7. The Morgan fingerprint density at radius 2 is 1.89 bits per heavy atom. The van der Waals surface area contributed by atoms with Crippen LogP contribution in [-0.4, -0.2) is 48.1 Å². The highest BCUT2D eigenvalue weighted by atomic mass is 16.5. The third-order valence-corrected chi connectivity index (χ3v) is 6.66. The molecule has 1 atom stereocenters. The van der Waals surface area contributed by atoms with Crippen LogP contribution in [0.4, 0.5) is 0 Å². The number of methoxy groups -OCH3 is 1. The summed E-state index contributed by atoms with van der Waals surface area (Å²) in [6.45, 7) is 5.31. The number of hydrogen-bond acceptors (Lipinski definition) is 5. The fourth-order valence-corrected chi connectivity index (χ4v) is 4.94. The van der Waals surface area contributed by atoms with E-state index in [-0.39, 0.29) is 41.9 Å². The molecule has 184 valence electrons. The van der Waals surface area contributed by atoms with E-state index in [0.29, 0.717) is 38.2 Å². The lowest BCUT2D eigenvalue weighted by molar-refractivity contribution is -0.149. The maximum Gasteiger partial charge on any atom is 0.310 e. The number of pyridine rings is 1. The van der Waals surface area contributed by atoms with E-state index in [2.05, 4.69) is 24.3 Å². The summed E-state index contributed by atoms with van der Waals surface area (Å²) in [6.07, 6.45) is 1.36. The number of benzene rings is 2. The lowest BCUT2D eigenvalue weighted by Crippen LogP contribution is -2.45. The van der Waals surface area contributed by atoms with Gasteiger partial charge in [0.2, 0.25) is 0 Å². The van der Waals surface area contributed by atoms with E-state index in [1.165, 1.54) is 6.07 Å². The summed E-state index contributed by atoms with van der Waals surface area (Å²) in [5.74, 6) is -1.02. The second-order valence-electron chi connectivity index (χ2n) is 8.97. The molecule has 2 heterocycles. The molecule has 1 aromatic heterocycles. The van der Waals surface area contributed by atoms with Crippen molar-refractivity contribution >= 4 is 22.6 Å². The van der Waals surface area contributed by atoms with Crippen LogP contribution in [0.15, 0.2) is 53.3 Å². The minimum Gasteiger partial charge on any atom is -0.466 e. The van der Waals surface area contributed by atoms with Crippen molar-refractivity contribution in [3.63, 3.8) is 0 Å². The summed E-state index contributed by atoms with van der Waals surface area (Å²) >= 11 is 0. The summed E-state index contributed by atoms with van der Waals surface area (Å²) in [7, 11) is 1.56. The fraction of sp³-hybridized carbons (Fsp3) is 0.393. The molecule has 0 N–H and O–H groups in total. The molecule has 1 saturated heterocycles. The molecule has 0 radical (unpaired) electrons. The van der Waals surface area contributed by atoms with E-state index in [1.807, 2.05) is 29.7 Å².